The summed E-state index contributed by atoms with van der Waals surface area (Å²) in [6.45, 7) is 2.15. The summed E-state index contributed by atoms with van der Waals surface area (Å²) in [7, 11) is 2.29. The Morgan fingerprint density at radius 1 is 1.22 bits per heavy atom. The van der Waals surface area contributed by atoms with Crippen LogP contribution in [0.2, 0.25) is 0 Å². The third kappa shape index (κ3) is 2.19. The molecular formula is C15H21BrN2. The number of benzene rings is 1. The van der Waals surface area contributed by atoms with E-state index >= 15 is 0 Å². The fourth-order valence-corrected chi connectivity index (χ4v) is 3.89. The zero-order valence-electron chi connectivity index (χ0n) is 11.1. The molecule has 2 fully saturated rings. The first-order valence-corrected chi connectivity index (χ1v) is 7.68. The lowest BCUT2D eigenvalue weighted by molar-refractivity contribution is 0.169. The van der Waals surface area contributed by atoms with Crippen LogP contribution in [0.1, 0.15) is 31.2 Å². The molecule has 2 heterocycles. The minimum Gasteiger partial charge on any atom is -0.381 e. The van der Waals surface area contributed by atoms with Crippen molar-refractivity contribution in [1.82, 2.24) is 4.90 Å². The number of piperidine rings is 1. The highest BCUT2D eigenvalue weighted by atomic mass is 79.9. The standard InChI is InChI=1S/C15H21BrN2/c1-10-4-3-5-14(15(10)16)17-11-8-12-6-7-13(9-11)18(12)2/h3-5,11-13,17H,6-9H2,1-2H3. The molecule has 0 aromatic heterocycles. The zero-order valence-corrected chi connectivity index (χ0v) is 12.7. The van der Waals surface area contributed by atoms with Gasteiger partial charge in [-0.1, -0.05) is 12.1 Å². The van der Waals surface area contributed by atoms with Crippen molar-refractivity contribution in [3.05, 3.63) is 28.2 Å². The summed E-state index contributed by atoms with van der Waals surface area (Å²) in [5.74, 6) is 0. The van der Waals surface area contributed by atoms with Crippen LogP contribution in [0, 0.1) is 6.92 Å². The van der Waals surface area contributed by atoms with E-state index in [2.05, 4.69) is 58.3 Å². The van der Waals surface area contributed by atoms with Gasteiger partial charge in [-0.05, 0) is 67.2 Å². The summed E-state index contributed by atoms with van der Waals surface area (Å²) in [5.41, 5.74) is 2.56. The molecule has 18 heavy (non-hydrogen) atoms. The van der Waals surface area contributed by atoms with Gasteiger partial charge in [-0.15, -0.1) is 0 Å². The largest absolute Gasteiger partial charge is 0.381 e. The Morgan fingerprint density at radius 3 is 2.56 bits per heavy atom. The van der Waals surface area contributed by atoms with Gasteiger partial charge in [0.1, 0.15) is 0 Å². The lowest BCUT2D eigenvalue weighted by Gasteiger charge is -2.37. The van der Waals surface area contributed by atoms with Crippen LogP contribution in [0.5, 0.6) is 0 Å². The van der Waals surface area contributed by atoms with Gasteiger partial charge in [0, 0.05) is 28.3 Å². The molecule has 2 atom stereocenters. The van der Waals surface area contributed by atoms with Crippen LogP contribution in [0.4, 0.5) is 5.69 Å². The SMILES string of the molecule is Cc1cccc(NC2CC3CCC(C2)N3C)c1Br. The van der Waals surface area contributed by atoms with Crippen molar-refractivity contribution in [3.8, 4) is 0 Å². The Bertz CT molecular complexity index is 432. The number of rotatable bonds is 2. The van der Waals surface area contributed by atoms with Crippen molar-refractivity contribution in [3.63, 3.8) is 0 Å². The molecular weight excluding hydrogens is 288 g/mol. The molecule has 0 spiro atoms. The van der Waals surface area contributed by atoms with Gasteiger partial charge < -0.3 is 10.2 Å². The lowest BCUT2D eigenvalue weighted by Crippen LogP contribution is -2.44. The molecule has 2 aliphatic heterocycles. The third-order valence-electron chi connectivity index (χ3n) is 4.65. The van der Waals surface area contributed by atoms with Crippen molar-refractivity contribution < 1.29 is 0 Å². The molecule has 98 valence electrons. The maximum absolute atomic E-state index is 3.74. The lowest BCUT2D eigenvalue weighted by atomic mass is 9.97. The molecule has 1 aromatic rings. The highest BCUT2D eigenvalue weighted by molar-refractivity contribution is 9.10. The van der Waals surface area contributed by atoms with E-state index in [0.29, 0.717) is 6.04 Å². The predicted molar refractivity (Wildman–Crippen MR) is 80.1 cm³/mol. The fourth-order valence-electron chi connectivity index (χ4n) is 3.51. The quantitative estimate of drug-likeness (QED) is 0.894. The first-order chi connectivity index (χ1) is 8.65. The summed E-state index contributed by atoms with van der Waals surface area (Å²) >= 11 is 3.69. The van der Waals surface area contributed by atoms with Crippen LogP contribution in [0.15, 0.2) is 22.7 Å². The molecule has 0 saturated carbocycles. The molecule has 2 saturated heterocycles. The fraction of sp³-hybridized carbons (Fsp3) is 0.600. The average molecular weight is 309 g/mol. The Labute approximate surface area is 118 Å². The molecule has 3 rings (SSSR count). The maximum atomic E-state index is 3.74. The van der Waals surface area contributed by atoms with E-state index in [1.165, 1.54) is 41.4 Å². The predicted octanol–water partition coefficient (Wildman–Crippen LogP) is 3.79. The van der Waals surface area contributed by atoms with Gasteiger partial charge in [0.05, 0.1) is 0 Å². The van der Waals surface area contributed by atoms with Crippen molar-refractivity contribution >= 4 is 21.6 Å². The van der Waals surface area contributed by atoms with Crippen LogP contribution in [-0.4, -0.2) is 30.1 Å². The summed E-state index contributed by atoms with van der Waals surface area (Å²) in [5, 5.41) is 3.74. The molecule has 0 amide bonds. The van der Waals surface area contributed by atoms with Crippen LogP contribution in [0.3, 0.4) is 0 Å². The number of anilines is 1. The van der Waals surface area contributed by atoms with Gasteiger partial charge in [0.25, 0.3) is 0 Å². The molecule has 1 N–H and O–H groups in total. The van der Waals surface area contributed by atoms with Crippen molar-refractivity contribution in [2.45, 2.75) is 50.7 Å². The molecule has 2 nitrogen and oxygen atoms in total. The van der Waals surface area contributed by atoms with E-state index in [0.717, 1.165) is 12.1 Å². The number of hydrogen-bond acceptors (Lipinski definition) is 2. The number of hydrogen-bond donors (Lipinski definition) is 1. The maximum Gasteiger partial charge on any atom is 0.0489 e. The van der Waals surface area contributed by atoms with Crippen LogP contribution in [-0.2, 0) is 0 Å². The second-order valence-corrected chi connectivity index (χ2v) is 6.59. The first-order valence-electron chi connectivity index (χ1n) is 6.88. The van der Waals surface area contributed by atoms with Crippen molar-refractivity contribution in [2.24, 2.45) is 0 Å². The van der Waals surface area contributed by atoms with Crippen LogP contribution in [0.25, 0.3) is 0 Å². The second kappa shape index (κ2) is 4.86. The molecule has 0 radical (unpaired) electrons. The van der Waals surface area contributed by atoms with Crippen LogP contribution >= 0.6 is 15.9 Å². The van der Waals surface area contributed by atoms with Crippen molar-refractivity contribution in [1.29, 1.82) is 0 Å². The van der Waals surface area contributed by atoms with E-state index in [1.54, 1.807) is 0 Å². The zero-order chi connectivity index (χ0) is 12.7. The highest BCUT2D eigenvalue weighted by Gasteiger charge is 2.38. The average Bonchev–Trinajstić information content (AvgIpc) is 2.59. The monoisotopic (exact) mass is 308 g/mol. The Morgan fingerprint density at radius 2 is 1.89 bits per heavy atom. The topological polar surface area (TPSA) is 15.3 Å². The summed E-state index contributed by atoms with van der Waals surface area (Å²) in [6.07, 6.45) is 5.34. The molecule has 2 aliphatic rings. The number of halogens is 1. The highest BCUT2D eigenvalue weighted by Crippen LogP contribution is 2.36. The Kier molecular flexibility index (Phi) is 3.37. The van der Waals surface area contributed by atoms with Gasteiger partial charge in [-0.25, -0.2) is 0 Å². The summed E-state index contributed by atoms with van der Waals surface area (Å²) < 4.78 is 1.22. The summed E-state index contributed by atoms with van der Waals surface area (Å²) in [6, 6.07) is 8.68. The number of nitrogens with zero attached hydrogens (tertiary/aromatic N) is 1. The first kappa shape index (κ1) is 12.5. The second-order valence-electron chi connectivity index (χ2n) is 5.80. The third-order valence-corrected chi connectivity index (χ3v) is 5.70. The normalized spacial score (nSPS) is 31.6. The van der Waals surface area contributed by atoms with E-state index < -0.39 is 0 Å². The Balaban J connectivity index is 1.72. The number of nitrogens with one attached hydrogen (secondary N) is 1. The molecule has 2 unspecified atom stereocenters. The van der Waals surface area contributed by atoms with Crippen LogP contribution < -0.4 is 5.32 Å². The van der Waals surface area contributed by atoms with Gasteiger partial charge in [0.2, 0.25) is 0 Å². The molecule has 0 aliphatic carbocycles. The number of aryl methyl sites for hydroxylation is 1. The van der Waals surface area contributed by atoms with Gasteiger partial charge >= 0.3 is 0 Å². The van der Waals surface area contributed by atoms with Gasteiger partial charge in [-0.3, -0.25) is 0 Å². The van der Waals surface area contributed by atoms with Gasteiger partial charge in [-0.2, -0.15) is 0 Å². The molecule has 2 bridgehead atoms. The Hall–Kier alpha value is -0.540. The van der Waals surface area contributed by atoms with E-state index in [-0.39, 0.29) is 0 Å². The minimum atomic E-state index is 0.636. The van der Waals surface area contributed by atoms with E-state index in [1.807, 2.05) is 0 Å². The smallest absolute Gasteiger partial charge is 0.0489 e. The van der Waals surface area contributed by atoms with E-state index in [9.17, 15) is 0 Å². The van der Waals surface area contributed by atoms with E-state index in [4.69, 9.17) is 0 Å². The molecule has 3 heteroatoms. The number of fused-ring (bicyclic) bond motifs is 2. The minimum absolute atomic E-state index is 0.636. The molecule has 1 aromatic carbocycles. The summed E-state index contributed by atoms with van der Waals surface area (Å²) in [4.78, 5) is 2.59. The van der Waals surface area contributed by atoms with Crippen molar-refractivity contribution in [2.75, 3.05) is 12.4 Å². The van der Waals surface area contributed by atoms with Gasteiger partial charge in [0.15, 0.2) is 0 Å².